The fourth-order valence-corrected chi connectivity index (χ4v) is 4.80. The minimum Gasteiger partial charge on any atom is -0.368 e. The van der Waals surface area contributed by atoms with E-state index in [1.807, 2.05) is 24.0 Å². The maximum atomic E-state index is 13.3. The Balaban J connectivity index is 1.44. The van der Waals surface area contributed by atoms with E-state index in [0.29, 0.717) is 58.9 Å². The topological polar surface area (TPSA) is 102 Å². The Bertz CT molecular complexity index is 1610. The summed E-state index contributed by atoms with van der Waals surface area (Å²) in [5.41, 5.74) is 2.23. The predicted octanol–water partition coefficient (Wildman–Crippen LogP) is 4.53. The summed E-state index contributed by atoms with van der Waals surface area (Å²) in [5, 5.41) is 17.9. The molecule has 0 atom stereocenters. The van der Waals surface area contributed by atoms with Gasteiger partial charge in [0.2, 0.25) is 0 Å². The van der Waals surface area contributed by atoms with Crippen molar-refractivity contribution < 1.29 is 9.72 Å². The number of fused-ring (bicyclic) bond motifs is 1. The average molecular weight is 518 g/mol. The van der Waals surface area contributed by atoms with Gasteiger partial charge < -0.3 is 9.80 Å². The summed E-state index contributed by atoms with van der Waals surface area (Å²) in [6.07, 6.45) is 0. The minimum absolute atomic E-state index is 0.0895. The van der Waals surface area contributed by atoms with Gasteiger partial charge in [-0.1, -0.05) is 35.9 Å². The zero-order valence-electron chi connectivity index (χ0n) is 20.3. The van der Waals surface area contributed by atoms with Crippen LogP contribution in [0, 0.1) is 24.0 Å². The number of nitro benzene ring substituents is 1. The Kier molecular flexibility index (Phi) is 6.39. The fourth-order valence-electron chi connectivity index (χ4n) is 4.62. The number of aromatic nitrogens is 2. The van der Waals surface area contributed by atoms with E-state index in [-0.39, 0.29) is 17.3 Å². The maximum absolute atomic E-state index is 13.3. The molecule has 2 heterocycles. The van der Waals surface area contributed by atoms with Crippen molar-refractivity contribution in [2.75, 3.05) is 31.1 Å². The van der Waals surface area contributed by atoms with Crippen LogP contribution in [0.15, 0.2) is 65.5 Å². The van der Waals surface area contributed by atoms with Crippen molar-refractivity contribution in [2.24, 2.45) is 0 Å². The van der Waals surface area contributed by atoms with Crippen LogP contribution in [0.2, 0.25) is 5.02 Å². The molecule has 1 aliphatic heterocycles. The van der Waals surface area contributed by atoms with E-state index < -0.39 is 10.5 Å². The van der Waals surface area contributed by atoms with Gasteiger partial charge in [0.1, 0.15) is 5.69 Å². The molecule has 37 heavy (non-hydrogen) atoms. The van der Waals surface area contributed by atoms with E-state index in [9.17, 15) is 19.7 Å². The third-order valence-corrected chi connectivity index (χ3v) is 7.13. The van der Waals surface area contributed by atoms with Crippen LogP contribution in [-0.2, 0) is 0 Å². The first kappa shape index (κ1) is 24.5. The molecule has 3 aromatic carbocycles. The maximum Gasteiger partial charge on any atom is 0.295 e. The van der Waals surface area contributed by atoms with Crippen molar-refractivity contribution in [1.29, 1.82) is 0 Å². The number of anilines is 1. The number of hydrogen-bond acceptors (Lipinski definition) is 6. The van der Waals surface area contributed by atoms with Crippen molar-refractivity contribution >= 4 is 39.7 Å². The number of amides is 1. The number of nitrogens with zero attached hydrogens (tertiary/aromatic N) is 5. The standard InChI is InChI=1S/C27H24ClN5O4/c1-17-7-8-19(15-23(17)28)26(34)31-13-11-30(12-14-31)20-9-10-24(33(36)37)25(16-20)32-27(35)22-6-4-3-5-21(22)18(2)29-32/h3-10,15-16H,11-14H2,1-2H3. The summed E-state index contributed by atoms with van der Waals surface area (Å²) >= 11 is 6.20. The molecule has 4 aromatic rings. The Morgan fingerprint density at radius 2 is 1.68 bits per heavy atom. The molecule has 0 spiro atoms. The van der Waals surface area contributed by atoms with Crippen molar-refractivity contribution in [3.63, 3.8) is 0 Å². The first-order chi connectivity index (χ1) is 17.7. The van der Waals surface area contributed by atoms with E-state index in [0.717, 1.165) is 10.2 Å². The third kappa shape index (κ3) is 4.53. The zero-order valence-corrected chi connectivity index (χ0v) is 21.1. The molecule has 1 aliphatic rings. The molecule has 0 unspecified atom stereocenters. The zero-order chi connectivity index (χ0) is 26.3. The molecule has 5 rings (SSSR count). The average Bonchev–Trinajstić information content (AvgIpc) is 2.91. The number of nitro groups is 1. The number of rotatable bonds is 4. The van der Waals surface area contributed by atoms with Gasteiger partial charge in [-0.15, -0.1) is 0 Å². The lowest BCUT2D eigenvalue weighted by Gasteiger charge is -2.36. The van der Waals surface area contributed by atoms with Crippen molar-refractivity contribution in [1.82, 2.24) is 14.7 Å². The van der Waals surface area contributed by atoms with Crippen LogP contribution in [0.1, 0.15) is 21.6 Å². The highest BCUT2D eigenvalue weighted by Crippen LogP contribution is 2.29. The first-order valence-corrected chi connectivity index (χ1v) is 12.2. The van der Waals surface area contributed by atoms with E-state index in [2.05, 4.69) is 5.10 Å². The summed E-state index contributed by atoms with van der Waals surface area (Å²) in [6.45, 7) is 5.67. The molecule has 9 nitrogen and oxygen atoms in total. The van der Waals surface area contributed by atoms with Crippen LogP contribution >= 0.6 is 11.6 Å². The van der Waals surface area contributed by atoms with Gasteiger partial charge in [0.05, 0.1) is 16.0 Å². The summed E-state index contributed by atoms with van der Waals surface area (Å²) in [6, 6.07) is 17.0. The quantitative estimate of drug-likeness (QED) is 0.291. The van der Waals surface area contributed by atoms with Gasteiger partial charge in [-0.05, 0) is 49.7 Å². The Morgan fingerprint density at radius 3 is 2.35 bits per heavy atom. The van der Waals surface area contributed by atoms with Gasteiger partial charge in [-0.25, -0.2) is 0 Å². The van der Waals surface area contributed by atoms with Crippen molar-refractivity contribution in [3.8, 4) is 5.69 Å². The number of carbonyl (C=O) groups excluding carboxylic acids is 1. The van der Waals surface area contributed by atoms with Gasteiger partial charge in [-0.3, -0.25) is 19.7 Å². The molecule has 10 heteroatoms. The molecule has 0 radical (unpaired) electrons. The highest BCUT2D eigenvalue weighted by molar-refractivity contribution is 6.31. The Hall–Kier alpha value is -4.24. The smallest absolute Gasteiger partial charge is 0.295 e. The molecule has 1 saturated heterocycles. The van der Waals surface area contributed by atoms with Gasteiger partial charge in [0, 0.05) is 53.9 Å². The lowest BCUT2D eigenvalue weighted by Crippen LogP contribution is -2.48. The van der Waals surface area contributed by atoms with Crippen molar-refractivity contribution in [2.45, 2.75) is 13.8 Å². The second-order valence-electron chi connectivity index (χ2n) is 9.02. The summed E-state index contributed by atoms with van der Waals surface area (Å²) in [5.74, 6) is -0.0895. The summed E-state index contributed by atoms with van der Waals surface area (Å²) < 4.78 is 1.11. The van der Waals surface area contributed by atoms with Crippen LogP contribution in [0.5, 0.6) is 0 Å². The lowest BCUT2D eigenvalue weighted by atomic mass is 10.1. The van der Waals surface area contributed by atoms with Gasteiger partial charge in [0.25, 0.3) is 17.2 Å². The largest absolute Gasteiger partial charge is 0.368 e. The molecule has 1 aromatic heterocycles. The highest BCUT2D eigenvalue weighted by Gasteiger charge is 2.25. The second kappa shape index (κ2) is 9.67. The molecular weight excluding hydrogens is 494 g/mol. The van der Waals surface area contributed by atoms with Crippen molar-refractivity contribution in [3.05, 3.63) is 103 Å². The molecule has 1 fully saturated rings. The molecule has 0 bridgehead atoms. The van der Waals surface area contributed by atoms with Crippen LogP contribution in [-0.4, -0.2) is 51.7 Å². The molecule has 0 aliphatic carbocycles. The minimum atomic E-state index is -0.513. The van der Waals surface area contributed by atoms with Crippen LogP contribution in [0.25, 0.3) is 16.5 Å². The highest BCUT2D eigenvalue weighted by atomic mass is 35.5. The predicted molar refractivity (Wildman–Crippen MR) is 143 cm³/mol. The third-order valence-electron chi connectivity index (χ3n) is 6.72. The number of halogens is 1. The normalized spacial score (nSPS) is 13.7. The van der Waals surface area contributed by atoms with Gasteiger partial charge >= 0.3 is 0 Å². The Morgan fingerprint density at radius 1 is 0.973 bits per heavy atom. The fraction of sp³-hybridized carbons (Fsp3) is 0.222. The monoisotopic (exact) mass is 517 g/mol. The Labute approximate surface area is 217 Å². The number of carbonyl (C=O) groups is 1. The van der Waals surface area contributed by atoms with Crippen LogP contribution in [0.3, 0.4) is 0 Å². The number of aryl methyl sites for hydroxylation is 2. The van der Waals surface area contributed by atoms with E-state index in [1.165, 1.54) is 6.07 Å². The van der Waals surface area contributed by atoms with E-state index >= 15 is 0 Å². The van der Waals surface area contributed by atoms with E-state index in [4.69, 9.17) is 11.6 Å². The van der Waals surface area contributed by atoms with Crippen LogP contribution < -0.4 is 10.5 Å². The van der Waals surface area contributed by atoms with Gasteiger partial charge in [0.15, 0.2) is 0 Å². The molecule has 1 amide bonds. The van der Waals surface area contributed by atoms with Crippen LogP contribution in [0.4, 0.5) is 11.4 Å². The first-order valence-electron chi connectivity index (χ1n) is 11.8. The molecule has 0 saturated carbocycles. The van der Waals surface area contributed by atoms with Gasteiger partial charge in [-0.2, -0.15) is 9.78 Å². The molecule has 0 N–H and O–H groups in total. The summed E-state index contributed by atoms with van der Waals surface area (Å²) in [4.78, 5) is 41.3. The summed E-state index contributed by atoms with van der Waals surface area (Å²) in [7, 11) is 0. The lowest BCUT2D eigenvalue weighted by molar-refractivity contribution is -0.384. The molecular formula is C27H24ClN5O4. The number of benzene rings is 3. The molecule has 188 valence electrons. The second-order valence-corrected chi connectivity index (χ2v) is 9.43. The number of hydrogen-bond donors (Lipinski definition) is 0. The SMILES string of the molecule is Cc1ccc(C(=O)N2CCN(c3ccc([N+](=O)[O-])c(-n4nc(C)c5ccccc5c4=O)c3)CC2)cc1Cl. The number of piperazine rings is 1. The van der Waals surface area contributed by atoms with E-state index in [1.54, 1.807) is 54.3 Å².